The van der Waals surface area contributed by atoms with Crippen LogP contribution in [-0.4, -0.2) is 30.8 Å². The van der Waals surface area contributed by atoms with Crippen LogP contribution in [0.1, 0.15) is 26.7 Å². The molecule has 2 heteroatoms. The summed E-state index contributed by atoms with van der Waals surface area (Å²) in [6.45, 7) is 6.30. The molecule has 0 bridgehead atoms. The van der Waals surface area contributed by atoms with Crippen molar-refractivity contribution in [2.24, 2.45) is 11.8 Å². The van der Waals surface area contributed by atoms with Crippen molar-refractivity contribution in [1.29, 1.82) is 0 Å². The molecule has 0 amide bonds. The average molecular weight is 169 g/mol. The van der Waals surface area contributed by atoms with E-state index in [0.29, 0.717) is 17.6 Å². The van der Waals surface area contributed by atoms with Crippen molar-refractivity contribution in [3.63, 3.8) is 0 Å². The van der Waals surface area contributed by atoms with Gasteiger partial charge in [-0.1, -0.05) is 13.8 Å². The third-order valence-electron chi connectivity index (χ3n) is 2.49. The van der Waals surface area contributed by atoms with Crippen LogP contribution in [0.5, 0.6) is 0 Å². The zero-order chi connectivity index (χ0) is 9.14. The Kier molecular flexibility index (Phi) is 3.27. The van der Waals surface area contributed by atoms with Gasteiger partial charge in [0, 0.05) is 25.4 Å². The molecule has 1 aliphatic heterocycles. The predicted octanol–water partition coefficient (Wildman–Crippen LogP) is 1.55. The molecule has 2 nitrogen and oxygen atoms in total. The Bertz CT molecular complexity index is 159. The Morgan fingerprint density at radius 2 is 2.08 bits per heavy atom. The second kappa shape index (κ2) is 4.04. The van der Waals surface area contributed by atoms with Crippen LogP contribution < -0.4 is 0 Å². The van der Waals surface area contributed by atoms with Crippen molar-refractivity contribution in [3.8, 4) is 0 Å². The Morgan fingerprint density at radius 3 is 2.50 bits per heavy atom. The maximum atomic E-state index is 11.4. The van der Waals surface area contributed by atoms with Gasteiger partial charge in [0.1, 0.15) is 5.78 Å². The molecule has 0 unspecified atom stereocenters. The summed E-state index contributed by atoms with van der Waals surface area (Å²) in [5.74, 6) is 1.49. The molecule has 70 valence electrons. The van der Waals surface area contributed by atoms with Crippen LogP contribution in [0.25, 0.3) is 0 Å². The second-order valence-electron chi connectivity index (χ2n) is 4.32. The minimum absolute atomic E-state index is 0.355. The molecule has 0 aromatic heterocycles. The first kappa shape index (κ1) is 9.72. The van der Waals surface area contributed by atoms with Crippen LogP contribution in [0.2, 0.25) is 0 Å². The summed E-state index contributed by atoms with van der Waals surface area (Å²) in [6.07, 6.45) is 1.84. The lowest BCUT2D eigenvalue weighted by Gasteiger charge is -2.35. The summed E-state index contributed by atoms with van der Waals surface area (Å²) >= 11 is 0. The predicted molar refractivity (Wildman–Crippen MR) is 50.1 cm³/mol. The first-order valence-electron chi connectivity index (χ1n) is 4.81. The zero-order valence-corrected chi connectivity index (χ0v) is 8.34. The molecule has 0 spiro atoms. The van der Waals surface area contributed by atoms with Crippen molar-refractivity contribution >= 4 is 5.78 Å². The van der Waals surface area contributed by atoms with Crippen molar-refractivity contribution in [2.45, 2.75) is 26.7 Å². The molecule has 0 aliphatic carbocycles. The summed E-state index contributed by atoms with van der Waals surface area (Å²) in [5.41, 5.74) is 0. The molecule has 0 aromatic carbocycles. The van der Waals surface area contributed by atoms with Crippen LogP contribution in [0.4, 0.5) is 0 Å². The fourth-order valence-electron chi connectivity index (χ4n) is 1.54. The highest BCUT2D eigenvalue weighted by molar-refractivity contribution is 5.82. The SMILES string of the molecule is CC(C)CCC(=O)C1CN(C)C1. The first-order valence-corrected chi connectivity index (χ1v) is 4.81. The standard InChI is InChI=1S/C10H19NO/c1-8(2)4-5-10(12)9-6-11(3)7-9/h8-9H,4-7H2,1-3H3. The van der Waals surface area contributed by atoms with Crippen molar-refractivity contribution < 1.29 is 4.79 Å². The van der Waals surface area contributed by atoms with Crippen LogP contribution in [0.15, 0.2) is 0 Å². The fraction of sp³-hybridized carbons (Fsp3) is 0.900. The lowest BCUT2D eigenvalue weighted by molar-refractivity contribution is -0.127. The van der Waals surface area contributed by atoms with Crippen LogP contribution in [0.3, 0.4) is 0 Å². The number of carbonyl (C=O) groups is 1. The Hall–Kier alpha value is -0.370. The lowest BCUT2D eigenvalue weighted by atomic mass is 9.91. The minimum Gasteiger partial charge on any atom is -0.305 e. The highest BCUT2D eigenvalue weighted by Gasteiger charge is 2.28. The molecule has 1 rings (SSSR count). The van der Waals surface area contributed by atoms with E-state index in [1.807, 2.05) is 0 Å². The van der Waals surface area contributed by atoms with Gasteiger partial charge >= 0.3 is 0 Å². The highest BCUT2D eigenvalue weighted by atomic mass is 16.1. The molecule has 1 heterocycles. The first-order chi connectivity index (χ1) is 5.59. The number of nitrogens with zero attached hydrogens (tertiary/aromatic N) is 1. The number of ketones is 1. The second-order valence-corrected chi connectivity index (χ2v) is 4.32. The number of rotatable bonds is 4. The smallest absolute Gasteiger partial charge is 0.138 e. The molecule has 0 atom stereocenters. The quantitative estimate of drug-likeness (QED) is 0.636. The van der Waals surface area contributed by atoms with E-state index in [4.69, 9.17) is 0 Å². The summed E-state index contributed by atoms with van der Waals surface area (Å²) in [6, 6.07) is 0. The molecular weight excluding hydrogens is 150 g/mol. The van der Waals surface area contributed by atoms with Gasteiger partial charge in [-0.15, -0.1) is 0 Å². The van der Waals surface area contributed by atoms with Crippen molar-refractivity contribution in [2.75, 3.05) is 20.1 Å². The molecule has 0 radical (unpaired) electrons. The molecule has 1 aliphatic rings. The summed E-state index contributed by atoms with van der Waals surface area (Å²) in [7, 11) is 2.06. The summed E-state index contributed by atoms with van der Waals surface area (Å²) < 4.78 is 0. The Labute approximate surface area is 74.9 Å². The van der Waals surface area contributed by atoms with E-state index in [1.54, 1.807) is 0 Å². The Balaban J connectivity index is 2.13. The maximum absolute atomic E-state index is 11.4. The minimum atomic E-state index is 0.355. The maximum Gasteiger partial charge on any atom is 0.138 e. The van der Waals surface area contributed by atoms with Gasteiger partial charge in [-0.2, -0.15) is 0 Å². The van der Waals surface area contributed by atoms with Gasteiger partial charge in [0.2, 0.25) is 0 Å². The number of Topliss-reactive ketones (excluding diaryl/α,β-unsaturated/α-hetero) is 1. The van der Waals surface area contributed by atoms with Gasteiger partial charge < -0.3 is 4.90 Å². The van der Waals surface area contributed by atoms with Gasteiger partial charge in [-0.3, -0.25) is 4.79 Å². The molecule has 12 heavy (non-hydrogen) atoms. The largest absolute Gasteiger partial charge is 0.305 e. The molecular formula is C10H19NO. The summed E-state index contributed by atoms with van der Waals surface area (Å²) in [5, 5.41) is 0. The molecule has 0 N–H and O–H groups in total. The van der Waals surface area contributed by atoms with Crippen molar-refractivity contribution in [3.05, 3.63) is 0 Å². The van der Waals surface area contributed by atoms with Gasteiger partial charge in [-0.25, -0.2) is 0 Å². The van der Waals surface area contributed by atoms with Gasteiger partial charge in [0.15, 0.2) is 0 Å². The van der Waals surface area contributed by atoms with Gasteiger partial charge in [0.05, 0.1) is 0 Å². The third-order valence-corrected chi connectivity index (χ3v) is 2.49. The van der Waals surface area contributed by atoms with Crippen LogP contribution >= 0.6 is 0 Å². The third kappa shape index (κ3) is 2.59. The van der Waals surface area contributed by atoms with E-state index in [1.165, 1.54) is 0 Å². The average Bonchev–Trinajstić information content (AvgIpc) is 1.94. The van der Waals surface area contributed by atoms with Crippen LogP contribution in [0, 0.1) is 11.8 Å². The van der Waals surface area contributed by atoms with Crippen LogP contribution in [-0.2, 0) is 4.79 Å². The molecule has 1 saturated heterocycles. The van der Waals surface area contributed by atoms with Crippen molar-refractivity contribution in [1.82, 2.24) is 4.90 Å². The Morgan fingerprint density at radius 1 is 1.50 bits per heavy atom. The number of carbonyl (C=O) groups excluding carboxylic acids is 1. The normalized spacial score (nSPS) is 19.7. The number of hydrogen-bond acceptors (Lipinski definition) is 2. The lowest BCUT2D eigenvalue weighted by Crippen LogP contribution is -2.47. The summed E-state index contributed by atoms with van der Waals surface area (Å²) in [4.78, 5) is 13.6. The highest BCUT2D eigenvalue weighted by Crippen LogP contribution is 2.17. The molecule has 1 fully saturated rings. The van der Waals surface area contributed by atoms with E-state index < -0.39 is 0 Å². The number of hydrogen-bond donors (Lipinski definition) is 0. The zero-order valence-electron chi connectivity index (χ0n) is 8.34. The van der Waals surface area contributed by atoms with Gasteiger partial charge in [-0.05, 0) is 19.4 Å². The topological polar surface area (TPSA) is 20.3 Å². The molecule has 0 aromatic rings. The molecule has 0 saturated carbocycles. The van der Waals surface area contributed by atoms with E-state index in [9.17, 15) is 4.79 Å². The van der Waals surface area contributed by atoms with E-state index >= 15 is 0 Å². The monoisotopic (exact) mass is 169 g/mol. The van der Waals surface area contributed by atoms with E-state index in [2.05, 4.69) is 25.8 Å². The fourth-order valence-corrected chi connectivity index (χ4v) is 1.54. The number of likely N-dealkylation sites (tertiary alicyclic amines) is 1. The van der Waals surface area contributed by atoms with E-state index in [-0.39, 0.29) is 0 Å². The van der Waals surface area contributed by atoms with E-state index in [0.717, 1.165) is 25.9 Å². The van der Waals surface area contributed by atoms with Gasteiger partial charge in [0.25, 0.3) is 0 Å².